The average molecular weight is 234 g/mol. The first-order valence-electron chi connectivity index (χ1n) is 5.41. The molecule has 3 N–H and O–H groups in total. The van der Waals surface area contributed by atoms with Crippen LogP contribution in [0.1, 0.15) is 18.1 Å². The van der Waals surface area contributed by atoms with Crippen molar-refractivity contribution in [2.75, 3.05) is 4.90 Å². The molecule has 5 nitrogen and oxygen atoms in total. The molecule has 1 aromatic carbocycles. The number of carboxylic acid groups (broad SMARTS) is 1. The van der Waals surface area contributed by atoms with Gasteiger partial charge in [-0.2, -0.15) is 0 Å². The van der Waals surface area contributed by atoms with E-state index in [1.165, 1.54) is 11.8 Å². The molecule has 0 spiro atoms. The van der Waals surface area contributed by atoms with E-state index >= 15 is 0 Å². The highest BCUT2D eigenvalue weighted by Crippen LogP contribution is 2.31. The molecule has 1 atom stereocenters. The number of nitrogens with two attached hydrogens (primary N) is 1. The van der Waals surface area contributed by atoms with Crippen molar-refractivity contribution in [2.24, 2.45) is 5.73 Å². The SMILES string of the molecule is CC(C(=O)O)N1C(=O)Cc2cc(CN)ccc21. The first-order chi connectivity index (χ1) is 8.04. The number of carbonyl (C=O) groups excluding carboxylic acids is 1. The maximum absolute atomic E-state index is 11.8. The predicted octanol–water partition coefficient (Wildman–Crippen LogP) is 0.507. The van der Waals surface area contributed by atoms with Crippen molar-refractivity contribution in [3.63, 3.8) is 0 Å². The van der Waals surface area contributed by atoms with Crippen LogP contribution in [-0.2, 0) is 22.6 Å². The van der Waals surface area contributed by atoms with E-state index in [4.69, 9.17) is 10.8 Å². The minimum absolute atomic E-state index is 0.177. The lowest BCUT2D eigenvalue weighted by Gasteiger charge is -2.21. The zero-order valence-corrected chi connectivity index (χ0v) is 9.51. The molecule has 90 valence electrons. The fraction of sp³-hybridized carbons (Fsp3) is 0.333. The van der Waals surface area contributed by atoms with Gasteiger partial charge in [0, 0.05) is 12.2 Å². The summed E-state index contributed by atoms with van der Waals surface area (Å²) in [7, 11) is 0. The summed E-state index contributed by atoms with van der Waals surface area (Å²) in [6, 6.07) is 4.61. The Labute approximate surface area is 98.8 Å². The number of amides is 1. The molecule has 0 saturated heterocycles. The molecule has 1 heterocycles. The lowest BCUT2D eigenvalue weighted by Crippen LogP contribution is -2.41. The first kappa shape index (κ1) is 11.6. The van der Waals surface area contributed by atoms with Crippen LogP contribution in [0.4, 0.5) is 5.69 Å². The molecule has 0 aromatic heterocycles. The molecular weight excluding hydrogens is 220 g/mol. The van der Waals surface area contributed by atoms with Crippen LogP contribution in [0.25, 0.3) is 0 Å². The number of anilines is 1. The van der Waals surface area contributed by atoms with Crippen molar-refractivity contribution < 1.29 is 14.7 Å². The van der Waals surface area contributed by atoms with Crippen LogP contribution in [0.15, 0.2) is 18.2 Å². The molecule has 1 amide bonds. The number of hydrogen-bond donors (Lipinski definition) is 2. The van der Waals surface area contributed by atoms with E-state index in [9.17, 15) is 9.59 Å². The molecule has 1 unspecified atom stereocenters. The summed E-state index contributed by atoms with van der Waals surface area (Å²) in [4.78, 5) is 24.1. The summed E-state index contributed by atoms with van der Waals surface area (Å²) in [5, 5.41) is 8.97. The molecule has 0 fully saturated rings. The van der Waals surface area contributed by atoms with Crippen molar-refractivity contribution in [3.05, 3.63) is 29.3 Å². The number of hydrogen-bond acceptors (Lipinski definition) is 3. The third-order valence-electron chi connectivity index (χ3n) is 2.99. The van der Waals surface area contributed by atoms with Gasteiger partial charge in [0.05, 0.1) is 6.42 Å². The highest BCUT2D eigenvalue weighted by molar-refractivity contribution is 6.05. The molecule has 0 bridgehead atoms. The van der Waals surface area contributed by atoms with Gasteiger partial charge in [0.15, 0.2) is 0 Å². The van der Waals surface area contributed by atoms with E-state index in [1.54, 1.807) is 6.07 Å². The summed E-state index contributed by atoms with van der Waals surface area (Å²) in [5.41, 5.74) is 8.01. The van der Waals surface area contributed by atoms with Gasteiger partial charge in [-0.3, -0.25) is 9.69 Å². The van der Waals surface area contributed by atoms with E-state index in [1.807, 2.05) is 12.1 Å². The smallest absolute Gasteiger partial charge is 0.326 e. The van der Waals surface area contributed by atoms with Crippen LogP contribution in [0.2, 0.25) is 0 Å². The molecule has 0 radical (unpaired) electrons. The Balaban J connectivity index is 2.41. The second kappa shape index (κ2) is 4.18. The number of carboxylic acids is 1. The Hall–Kier alpha value is -1.88. The molecule has 1 aliphatic heterocycles. The number of carbonyl (C=O) groups is 2. The second-order valence-corrected chi connectivity index (χ2v) is 4.12. The highest BCUT2D eigenvalue weighted by atomic mass is 16.4. The quantitative estimate of drug-likeness (QED) is 0.798. The number of benzene rings is 1. The fourth-order valence-corrected chi connectivity index (χ4v) is 2.06. The van der Waals surface area contributed by atoms with Gasteiger partial charge in [-0.1, -0.05) is 12.1 Å². The number of rotatable bonds is 3. The molecule has 1 aromatic rings. The molecule has 0 aliphatic carbocycles. The van der Waals surface area contributed by atoms with Crippen LogP contribution in [0, 0.1) is 0 Å². The van der Waals surface area contributed by atoms with Gasteiger partial charge in [-0.25, -0.2) is 4.79 Å². The van der Waals surface area contributed by atoms with E-state index in [2.05, 4.69) is 0 Å². The van der Waals surface area contributed by atoms with Crippen LogP contribution in [-0.4, -0.2) is 23.0 Å². The van der Waals surface area contributed by atoms with E-state index in [0.29, 0.717) is 12.2 Å². The molecule has 5 heteroatoms. The van der Waals surface area contributed by atoms with E-state index < -0.39 is 12.0 Å². The maximum atomic E-state index is 11.8. The van der Waals surface area contributed by atoms with Gasteiger partial charge in [0.2, 0.25) is 5.91 Å². The van der Waals surface area contributed by atoms with Gasteiger partial charge in [0.1, 0.15) is 6.04 Å². The summed E-state index contributed by atoms with van der Waals surface area (Å²) in [5.74, 6) is -1.18. The monoisotopic (exact) mass is 234 g/mol. The molecular formula is C12H14N2O3. The third kappa shape index (κ3) is 1.89. The highest BCUT2D eigenvalue weighted by Gasteiger charge is 2.34. The minimum Gasteiger partial charge on any atom is -0.480 e. The number of fused-ring (bicyclic) bond motifs is 1. The Morgan fingerprint density at radius 1 is 1.59 bits per heavy atom. The number of nitrogens with zero attached hydrogens (tertiary/aromatic N) is 1. The lowest BCUT2D eigenvalue weighted by atomic mass is 10.1. The summed E-state index contributed by atoms with van der Waals surface area (Å²) in [6.07, 6.45) is 0.251. The van der Waals surface area contributed by atoms with E-state index in [0.717, 1.165) is 11.1 Å². The number of aliphatic carboxylic acids is 1. The largest absolute Gasteiger partial charge is 0.480 e. The van der Waals surface area contributed by atoms with Gasteiger partial charge in [-0.05, 0) is 24.1 Å². The van der Waals surface area contributed by atoms with E-state index in [-0.39, 0.29) is 12.3 Å². The van der Waals surface area contributed by atoms with Gasteiger partial charge < -0.3 is 10.8 Å². The zero-order valence-electron chi connectivity index (χ0n) is 9.51. The minimum atomic E-state index is -1.01. The second-order valence-electron chi connectivity index (χ2n) is 4.12. The Morgan fingerprint density at radius 3 is 2.88 bits per heavy atom. The van der Waals surface area contributed by atoms with Crippen molar-refractivity contribution >= 4 is 17.6 Å². The zero-order chi connectivity index (χ0) is 12.6. The summed E-state index contributed by atoms with van der Waals surface area (Å²) >= 11 is 0. The van der Waals surface area contributed by atoms with Crippen LogP contribution in [0.3, 0.4) is 0 Å². The van der Waals surface area contributed by atoms with Gasteiger partial charge in [0.25, 0.3) is 0 Å². The molecule has 17 heavy (non-hydrogen) atoms. The summed E-state index contributed by atoms with van der Waals surface area (Å²) in [6.45, 7) is 1.92. The summed E-state index contributed by atoms with van der Waals surface area (Å²) < 4.78 is 0. The van der Waals surface area contributed by atoms with Crippen molar-refractivity contribution in [3.8, 4) is 0 Å². The van der Waals surface area contributed by atoms with Crippen LogP contribution in [0.5, 0.6) is 0 Å². The van der Waals surface area contributed by atoms with Crippen molar-refractivity contribution in [1.29, 1.82) is 0 Å². The normalized spacial score (nSPS) is 15.9. The van der Waals surface area contributed by atoms with Crippen molar-refractivity contribution in [2.45, 2.75) is 25.9 Å². The molecule has 0 saturated carbocycles. The predicted molar refractivity (Wildman–Crippen MR) is 62.6 cm³/mol. The van der Waals surface area contributed by atoms with Gasteiger partial charge >= 0.3 is 5.97 Å². The maximum Gasteiger partial charge on any atom is 0.326 e. The average Bonchev–Trinajstić information content (AvgIpc) is 2.62. The fourth-order valence-electron chi connectivity index (χ4n) is 2.06. The molecule has 1 aliphatic rings. The van der Waals surface area contributed by atoms with Crippen LogP contribution >= 0.6 is 0 Å². The Kier molecular flexibility index (Phi) is 2.85. The van der Waals surface area contributed by atoms with Gasteiger partial charge in [-0.15, -0.1) is 0 Å². The lowest BCUT2D eigenvalue weighted by molar-refractivity contribution is -0.139. The Morgan fingerprint density at radius 2 is 2.29 bits per heavy atom. The molecule has 2 rings (SSSR count). The van der Waals surface area contributed by atoms with Crippen LogP contribution < -0.4 is 10.6 Å². The first-order valence-corrected chi connectivity index (χ1v) is 5.41. The standard InChI is InChI=1S/C12H14N2O3/c1-7(12(16)17)14-10-3-2-8(6-13)4-9(10)5-11(14)15/h2-4,7H,5-6,13H2,1H3,(H,16,17). The third-order valence-corrected chi connectivity index (χ3v) is 2.99. The topological polar surface area (TPSA) is 83.6 Å². The Bertz CT molecular complexity index is 485. The van der Waals surface area contributed by atoms with Crippen molar-refractivity contribution in [1.82, 2.24) is 0 Å².